The summed E-state index contributed by atoms with van der Waals surface area (Å²) in [4.78, 5) is 23.1. The van der Waals surface area contributed by atoms with E-state index in [4.69, 9.17) is 20.8 Å². The average Bonchev–Trinajstić information content (AvgIpc) is 3.05. The molecule has 0 aliphatic heterocycles. The van der Waals surface area contributed by atoms with Crippen molar-refractivity contribution < 1.29 is 18.7 Å². The molecule has 0 unspecified atom stereocenters. The van der Waals surface area contributed by atoms with E-state index in [1.165, 1.54) is 12.3 Å². The smallest absolute Gasteiger partial charge is 0.287 e. The molecule has 2 aromatic rings. The lowest BCUT2D eigenvalue weighted by Gasteiger charge is -2.08. The molecule has 0 fully saturated rings. The lowest BCUT2D eigenvalue weighted by atomic mass is 10.3. The molecule has 7 heteroatoms. The minimum atomic E-state index is -0.433. The number of rotatable bonds is 7. The van der Waals surface area contributed by atoms with Crippen molar-refractivity contribution in [2.45, 2.75) is 0 Å². The molecule has 0 saturated carbocycles. The summed E-state index contributed by atoms with van der Waals surface area (Å²) < 4.78 is 10.3. The summed E-state index contributed by atoms with van der Waals surface area (Å²) in [5.41, 5.74) is 0. The number of hydrogen-bond donors (Lipinski definition) is 2. The first-order valence-corrected chi connectivity index (χ1v) is 7.00. The topological polar surface area (TPSA) is 80.6 Å². The highest BCUT2D eigenvalue weighted by Crippen LogP contribution is 2.14. The Labute approximate surface area is 132 Å². The van der Waals surface area contributed by atoms with E-state index in [0.717, 1.165) is 0 Å². The van der Waals surface area contributed by atoms with Gasteiger partial charge in [-0.1, -0.05) is 11.6 Å². The number of benzene rings is 1. The van der Waals surface area contributed by atoms with Gasteiger partial charge in [0.25, 0.3) is 5.91 Å². The second kappa shape index (κ2) is 8.09. The van der Waals surface area contributed by atoms with Gasteiger partial charge in [0.2, 0.25) is 5.91 Å². The first kappa shape index (κ1) is 15.9. The molecule has 2 N–H and O–H groups in total. The van der Waals surface area contributed by atoms with Crippen molar-refractivity contribution in [1.82, 2.24) is 10.6 Å². The van der Waals surface area contributed by atoms with Gasteiger partial charge >= 0.3 is 0 Å². The maximum atomic E-state index is 11.5. The van der Waals surface area contributed by atoms with Crippen LogP contribution in [0.15, 0.2) is 47.1 Å². The maximum absolute atomic E-state index is 11.5. The Morgan fingerprint density at radius 1 is 1.14 bits per heavy atom. The van der Waals surface area contributed by atoms with E-state index < -0.39 is 5.91 Å². The number of furan rings is 1. The minimum absolute atomic E-state index is 0.125. The van der Waals surface area contributed by atoms with Crippen molar-refractivity contribution in [3.63, 3.8) is 0 Å². The summed E-state index contributed by atoms with van der Waals surface area (Å²) >= 11 is 5.76. The lowest BCUT2D eigenvalue weighted by Crippen LogP contribution is -2.38. The van der Waals surface area contributed by atoms with Gasteiger partial charge in [0.1, 0.15) is 12.4 Å². The van der Waals surface area contributed by atoms with Gasteiger partial charge in [-0.25, -0.2) is 0 Å². The molecule has 0 radical (unpaired) electrons. The molecule has 22 heavy (non-hydrogen) atoms. The molecule has 2 rings (SSSR count). The van der Waals surface area contributed by atoms with Gasteiger partial charge in [0.15, 0.2) is 5.76 Å². The highest BCUT2D eigenvalue weighted by atomic mass is 35.5. The first-order valence-electron chi connectivity index (χ1n) is 6.62. The van der Waals surface area contributed by atoms with Gasteiger partial charge in [0, 0.05) is 5.02 Å². The van der Waals surface area contributed by atoms with E-state index in [1.54, 1.807) is 30.3 Å². The summed E-state index contributed by atoms with van der Waals surface area (Å²) in [6, 6.07) is 10.1. The number of nitrogens with one attached hydrogen (secondary N) is 2. The molecule has 0 spiro atoms. The molecule has 6 nitrogen and oxygen atoms in total. The summed E-state index contributed by atoms with van der Waals surface area (Å²) in [7, 11) is 0. The quantitative estimate of drug-likeness (QED) is 0.762. The molecule has 0 aliphatic rings. The number of amides is 2. The van der Waals surface area contributed by atoms with Crippen LogP contribution in [-0.2, 0) is 4.79 Å². The van der Waals surface area contributed by atoms with Crippen molar-refractivity contribution >= 4 is 23.4 Å². The highest BCUT2D eigenvalue weighted by molar-refractivity contribution is 6.30. The molecule has 1 aromatic heterocycles. The van der Waals surface area contributed by atoms with Crippen LogP contribution in [0, 0.1) is 0 Å². The summed E-state index contributed by atoms with van der Waals surface area (Å²) in [5.74, 6) is 0.0980. The van der Waals surface area contributed by atoms with Crippen molar-refractivity contribution in [1.29, 1.82) is 0 Å². The third-order valence-corrected chi connectivity index (χ3v) is 2.91. The standard InChI is InChI=1S/C15H15ClN2O4/c16-11-3-5-12(6-4-11)21-9-7-17-14(19)10-18-15(20)13-2-1-8-22-13/h1-6,8H,7,9-10H2,(H,17,19)(H,18,20). The Morgan fingerprint density at radius 3 is 2.59 bits per heavy atom. The van der Waals surface area contributed by atoms with Gasteiger partial charge in [-0.2, -0.15) is 0 Å². The third-order valence-electron chi connectivity index (χ3n) is 2.66. The molecule has 0 bridgehead atoms. The monoisotopic (exact) mass is 322 g/mol. The Kier molecular flexibility index (Phi) is 5.85. The van der Waals surface area contributed by atoms with Crippen LogP contribution in [0.3, 0.4) is 0 Å². The predicted molar refractivity (Wildman–Crippen MR) is 81.0 cm³/mol. The number of ether oxygens (including phenoxy) is 1. The van der Waals surface area contributed by atoms with Gasteiger partial charge < -0.3 is 19.8 Å². The Hall–Kier alpha value is -2.47. The number of halogens is 1. The second-order valence-electron chi connectivity index (χ2n) is 4.31. The molecular weight excluding hydrogens is 308 g/mol. The molecule has 116 valence electrons. The fourth-order valence-corrected chi connectivity index (χ4v) is 1.73. The summed E-state index contributed by atoms with van der Waals surface area (Å²) in [6.07, 6.45) is 1.39. The number of hydrogen-bond acceptors (Lipinski definition) is 4. The largest absolute Gasteiger partial charge is 0.492 e. The van der Waals surface area contributed by atoms with Crippen LogP contribution in [-0.4, -0.2) is 31.5 Å². The van der Waals surface area contributed by atoms with Gasteiger partial charge in [-0.05, 0) is 36.4 Å². The van der Waals surface area contributed by atoms with Gasteiger partial charge in [-0.15, -0.1) is 0 Å². The SMILES string of the molecule is O=C(CNC(=O)c1ccco1)NCCOc1ccc(Cl)cc1. The fourth-order valence-electron chi connectivity index (χ4n) is 1.61. The fraction of sp³-hybridized carbons (Fsp3) is 0.200. The van der Waals surface area contributed by atoms with Gasteiger partial charge in [0.05, 0.1) is 19.4 Å². The Balaban J connectivity index is 1.59. The average molecular weight is 323 g/mol. The summed E-state index contributed by atoms with van der Waals surface area (Å²) in [6.45, 7) is 0.526. The van der Waals surface area contributed by atoms with E-state index >= 15 is 0 Å². The van der Waals surface area contributed by atoms with Crippen LogP contribution in [0.25, 0.3) is 0 Å². The van der Waals surface area contributed by atoms with Gasteiger partial charge in [-0.3, -0.25) is 9.59 Å². The zero-order chi connectivity index (χ0) is 15.8. The van der Waals surface area contributed by atoms with E-state index in [1.807, 2.05) is 0 Å². The van der Waals surface area contributed by atoms with Crippen molar-refractivity contribution in [2.24, 2.45) is 0 Å². The molecule has 1 heterocycles. The zero-order valence-corrected chi connectivity index (χ0v) is 12.4. The first-order chi connectivity index (χ1) is 10.6. The Morgan fingerprint density at radius 2 is 1.91 bits per heavy atom. The maximum Gasteiger partial charge on any atom is 0.287 e. The van der Waals surface area contributed by atoms with E-state index in [0.29, 0.717) is 23.9 Å². The van der Waals surface area contributed by atoms with Crippen molar-refractivity contribution in [3.05, 3.63) is 53.4 Å². The lowest BCUT2D eigenvalue weighted by molar-refractivity contribution is -0.120. The molecule has 0 atom stereocenters. The van der Waals surface area contributed by atoms with Crippen molar-refractivity contribution in [3.8, 4) is 5.75 Å². The van der Waals surface area contributed by atoms with Crippen LogP contribution in [0.5, 0.6) is 5.75 Å². The normalized spacial score (nSPS) is 10.0. The predicted octanol–water partition coefficient (Wildman–Crippen LogP) is 1.86. The molecule has 0 aliphatic carbocycles. The number of carbonyl (C=O) groups excluding carboxylic acids is 2. The minimum Gasteiger partial charge on any atom is -0.492 e. The second-order valence-corrected chi connectivity index (χ2v) is 4.75. The van der Waals surface area contributed by atoms with Crippen LogP contribution in [0.4, 0.5) is 0 Å². The molecular formula is C15H15ClN2O4. The molecule has 0 saturated heterocycles. The Bertz CT molecular complexity index is 611. The third kappa shape index (κ3) is 5.14. The van der Waals surface area contributed by atoms with Crippen LogP contribution >= 0.6 is 11.6 Å². The zero-order valence-electron chi connectivity index (χ0n) is 11.7. The molecule has 1 aromatic carbocycles. The van der Waals surface area contributed by atoms with E-state index in [9.17, 15) is 9.59 Å². The van der Waals surface area contributed by atoms with Crippen LogP contribution in [0.1, 0.15) is 10.6 Å². The van der Waals surface area contributed by atoms with Crippen LogP contribution < -0.4 is 15.4 Å². The van der Waals surface area contributed by atoms with Crippen molar-refractivity contribution in [2.75, 3.05) is 19.7 Å². The van der Waals surface area contributed by atoms with Crippen LogP contribution in [0.2, 0.25) is 5.02 Å². The van der Waals surface area contributed by atoms with E-state index in [2.05, 4.69) is 10.6 Å². The molecule has 2 amide bonds. The summed E-state index contributed by atoms with van der Waals surface area (Å²) in [5, 5.41) is 5.71. The highest BCUT2D eigenvalue weighted by Gasteiger charge is 2.09. The number of carbonyl (C=O) groups is 2. The van der Waals surface area contributed by atoms with E-state index in [-0.39, 0.29) is 18.2 Å².